The predicted molar refractivity (Wildman–Crippen MR) is 81.2 cm³/mol. The molecule has 0 radical (unpaired) electrons. The summed E-state index contributed by atoms with van der Waals surface area (Å²) in [6, 6.07) is 6.69. The van der Waals surface area contributed by atoms with Crippen LogP contribution < -0.4 is 5.73 Å². The van der Waals surface area contributed by atoms with E-state index in [9.17, 15) is 4.39 Å². The first-order valence-corrected chi connectivity index (χ1v) is 7.47. The molecular formula is C15H18FN3S. The van der Waals surface area contributed by atoms with Gasteiger partial charge in [0.25, 0.3) is 0 Å². The molecule has 3 nitrogen and oxygen atoms in total. The van der Waals surface area contributed by atoms with Gasteiger partial charge in [-0.3, -0.25) is 0 Å². The molecule has 1 aromatic heterocycles. The maximum Gasteiger partial charge on any atom is 0.141 e. The van der Waals surface area contributed by atoms with Crippen molar-refractivity contribution in [3.05, 3.63) is 47.2 Å². The van der Waals surface area contributed by atoms with Crippen molar-refractivity contribution >= 4 is 17.6 Å². The molecule has 0 aliphatic rings. The Bertz CT molecular complexity index is 591. The zero-order chi connectivity index (χ0) is 14.7. The third-order valence-electron chi connectivity index (χ3n) is 2.98. The number of halogens is 1. The highest BCUT2D eigenvalue weighted by Gasteiger charge is 2.13. The zero-order valence-electron chi connectivity index (χ0n) is 11.9. The molecule has 0 saturated heterocycles. The van der Waals surface area contributed by atoms with Crippen LogP contribution in [0.15, 0.2) is 29.2 Å². The van der Waals surface area contributed by atoms with Gasteiger partial charge >= 0.3 is 0 Å². The minimum absolute atomic E-state index is 0.221. The fourth-order valence-electron chi connectivity index (χ4n) is 2.15. The van der Waals surface area contributed by atoms with Gasteiger partial charge in [0.1, 0.15) is 17.5 Å². The molecule has 1 aromatic carbocycles. The SMILES string of the molecule is Cc1nc(CSc2ccccc2F)nc(N)c1C(C)C. The van der Waals surface area contributed by atoms with E-state index in [0.717, 1.165) is 11.3 Å². The average Bonchev–Trinajstić information content (AvgIpc) is 2.36. The summed E-state index contributed by atoms with van der Waals surface area (Å²) in [7, 11) is 0. The van der Waals surface area contributed by atoms with Gasteiger partial charge in [0, 0.05) is 16.2 Å². The normalized spacial score (nSPS) is 11.1. The van der Waals surface area contributed by atoms with Crippen molar-refractivity contribution in [1.29, 1.82) is 0 Å². The number of nitrogens with two attached hydrogens (primary N) is 1. The average molecular weight is 291 g/mol. The second-order valence-electron chi connectivity index (χ2n) is 4.90. The number of nitrogen functional groups attached to an aromatic ring is 1. The van der Waals surface area contributed by atoms with Crippen molar-refractivity contribution in [3.8, 4) is 0 Å². The summed E-state index contributed by atoms with van der Waals surface area (Å²) in [6.45, 7) is 6.07. The fourth-order valence-corrected chi connectivity index (χ4v) is 2.94. The van der Waals surface area contributed by atoms with Crippen LogP contribution in [0, 0.1) is 12.7 Å². The van der Waals surface area contributed by atoms with Crippen LogP contribution in [0.5, 0.6) is 0 Å². The Morgan fingerprint density at radius 2 is 1.95 bits per heavy atom. The van der Waals surface area contributed by atoms with E-state index in [0.29, 0.717) is 28.2 Å². The summed E-state index contributed by atoms with van der Waals surface area (Å²) >= 11 is 1.38. The zero-order valence-corrected chi connectivity index (χ0v) is 12.7. The first-order valence-electron chi connectivity index (χ1n) is 6.49. The Kier molecular flexibility index (Phi) is 4.60. The monoisotopic (exact) mass is 291 g/mol. The Labute approximate surface area is 122 Å². The number of rotatable bonds is 4. The van der Waals surface area contributed by atoms with E-state index < -0.39 is 0 Å². The predicted octanol–water partition coefficient (Wildman–Crippen LogP) is 3.92. The molecule has 0 fully saturated rings. The lowest BCUT2D eigenvalue weighted by atomic mass is 10.0. The van der Waals surface area contributed by atoms with E-state index in [-0.39, 0.29) is 5.82 Å². The number of aryl methyl sites for hydroxylation is 1. The van der Waals surface area contributed by atoms with Crippen molar-refractivity contribution in [1.82, 2.24) is 9.97 Å². The molecule has 0 amide bonds. The van der Waals surface area contributed by atoms with E-state index in [4.69, 9.17) is 5.73 Å². The molecule has 5 heteroatoms. The van der Waals surface area contributed by atoms with Crippen molar-refractivity contribution in [2.45, 2.75) is 37.3 Å². The minimum Gasteiger partial charge on any atom is -0.383 e. The second-order valence-corrected chi connectivity index (χ2v) is 5.92. The van der Waals surface area contributed by atoms with Crippen LogP contribution in [0.2, 0.25) is 0 Å². The van der Waals surface area contributed by atoms with Gasteiger partial charge in [-0.2, -0.15) is 0 Å². The van der Waals surface area contributed by atoms with E-state index in [1.807, 2.05) is 13.0 Å². The summed E-state index contributed by atoms with van der Waals surface area (Å²) in [5.41, 5.74) is 7.88. The molecule has 0 saturated carbocycles. The molecule has 0 aliphatic carbocycles. The van der Waals surface area contributed by atoms with Crippen LogP contribution in [0.3, 0.4) is 0 Å². The number of anilines is 1. The van der Waals surface area contributed by atoms with Gasteiger partial charge in [-0.1, -0.05) is 26.0 Å². The van der Waals surface area contributed by atoms with Crippen LogP contribution in [0.1, 0.15) is 36.8 Å². The van der Waals surface area contributed by atoms with E-state index in [2.05, 4.69) is 23.8 Å². The molecule has 0 spiro atoms. The quantitative estimate of drug-likeness (QED) is 0.867. The molecule has 0 bridgehead atoms. The van der Waals surface area contributed by atoms with E-state index in [1.54, 1.807) is 12.1 Å². The number of benzene rings is 1. The fraction of sp³-hybridized carbons (Fsp3) is 0.333. The molecule has 106 valence electrons. The number of aromatic nitrogens is 2. The van der Waals surface area contributed by atoms with Crippen LogP contribution in [0.25, 0.3) is 0 Å². The molecule has 1 heterocycles. The Balaban J connectivity index is 2.17. The molecule has 2 N–H and O–H groups in total. The van der Waals surface area contributed by atoms with Crippen molar-refractivity contribution in [3.63, 3.8) is 0 Å². The van der Waals surface area contributed by atoms with Gasteiger partial charge in [-0.15, -0.1) is 11.8 Å². The largest absolute Gasteiger partial charge is 0.383 e. The van der Waals surface area contributed by atoms with E-state index >= 15 is 0 Å². The minimum atomic E-state index is -0.221. The molecule has 2 aromatic rings. The number of hydrogen-bond donors (Lipinski definition) is 1. The van der Waals surface area contributed by atoms with Gasteiger partial charge in [-0.25, -0.2) is 14.4 Å². The lowest BCUT2D eigenvalue weighted by Crippen LogP contribution is -2.08. The third kappa shape index (κ3) is 3.28. The number of thioether (sulfide) groups is 1. The topological polar surface area (TPSA) is 51.8 Å². The number of hydrogen-bond acceptors (Lipinski definition) is 4. The van der Waals surface area contributed by atoms with Crippen LogP contribution in [0.4, 0.5) is 10.2 Å². The van der Waals surface area contributed by atoms with Gasteiger partial charge in [0.05, 0.1) is 5.75 Å². The number of nitrogens with zero attached hydrogens (tertiary/aromatic N) is 2. The van der Waals surface area contributed by atoms with Crippen molar-refractivity contribution in [2.75, 3.05) is 5.73 Å². The second kappa shape index (κ2) is 6.22. The maximum atomic E-state index is 13.5. The van der Waals surface area contributed by atoms with Crippen LogP contribution in [-0.2, 0) is 5.75 Å². The summed E-state index contributed by atoms with van der Waals surface area (Å²) < 4.78 is 13.5. The highest BCUT2D eigenvalue weighted by atomic mass is 32.2. The summed E-state index contributed by atoms with van der Waals surface area (Å²) in [5, 5.41) is 0. The lowest BCUT2D eigenvalue weighted by molar-refractivity contribution is 0.602. The Morgan fingerprint density at radius 1 is 1.25 bits per heavy atom. The Morgan fingerprint density at radius 3 is 2.55 bits per heavy atom. The van der Waals surface area contributed by atoms with Gasteiger partial charge in [0.2, 0.25) is 0 Å². The summed E-state index contributed by atoms with van der Waals surface area (Å²) in [5.74, 6) is 1.74. The van der Waals surface area contributed by atoms with Crippen LogP contribution in [-0.4, -0.2) is 9.97 Å². The summed E-state index contributed by atoms with van der Waals surface area (Å²) in [6.07, 6.45) is 0. The van der Waals surface area contributed by atoms with Gasteiger partial charge in [0.15, 0.2) is 0 Å². The Hall–Kier alpha value is -1.62. The lowest BCUT2D eigenvalue weighted by Gasteiger charge is -2.13. The van der Waals surface area contributed by atoms with Crippen molar-refractivity contribution < 1.29 is 4.39 Å². The van der Waals surface area contributed by atoms with E-state index in [1.165, 1.54) is 17.8 Å². The summed E-state index contributed by atoms with van der Waals surface area (Å²) in [4.78, 5) is 9.39. The smallest absolute Gasteiger partial charge is 0.141 e. The van der Waals surface area contributed by atoms with Crippen molar-refractivity contribution in [2.24, 2.45) is 0 Å². The molecule has 0 atom stereocenters. The molecular weight excluding hydrogens is 273 g/mol. The first kappa shape index (κ1) is 14.8. The van der Waals surface area contributed by atoms with Gasteiger partial charge in [-0.05, 0) is 25.0 Å². The third-order valence-corrected chi connectivity index (χ3v) is 4.03. The van der Waals surface area contributed by atoms with Crippen LogP contribution >= 0.6 is 11.8 Å². The molecule has 0 aliphatic heterocycles. The maximum absolute atomic E-state index is 13.5. The molecule has 0 unspecified atom stereocenters. The molecule has 20 heavy (non-hydrogen) atoms. The van der Waals surface area contributed by atoms with Gasteiger partial charge < -0.3 is 5.73 Å². The first-order chi connectivity index (χ1) is 9.49. The standard InChI is InChI=1S/C15H18FN3S/c1-9(2)14-10(3)18-13(19-15(14)17)8-20-12-7-5-4-6-11(12)16/h4-7,9H,8H2,1-3H3,(H2,17,18,19). The molecule has 2 rings (SSSR count). The highest BCUT2D eigenvalue weighted by molar-refractivity contribution is 7.98. The highest BCUT2D eigenvalue weighted by Crippen LogP contribution is 2.27.